The van der Waals surface area contributed by atoms with Crippen molar-refractivity contribution in [1.82, 2.24) is 0 Å². The summed E-state index contributed by atoms with van der Waals surface area (Å²) in [4.78, 5) is 16.1. The van der Waals surface area contributed by atoms with Gasteiger partial charge in [-0.15, -0.1) is 0 Å². The maximum absolute atomic E-state index is 11.9. The second kappa shape index (κ2) is 4.97. The van der Waals surface area contributed by atoms with Crippen LogP contribution in [0.2, 0.25) is 0 Å². The molecule has 0 saturated carbocycles. The van der Waals surface area contributed by atoms with E-state index in [0.717, 1.165) is 23.5 Å². The molecule has 1 saturated heterocycles. The van der Waals surface area contributed by atoms with E-state index in [1.165, 1.54) is 5.69 Å². The van der Waals surface area contributed by atoms with Gasteiger partial charge in [0.15, 0.2) is 0 Å². The van der Waals surface area contributed by atoms with Gasteiger partial charge in [0.25, 0.3) is 0 Å². The minimum Gasteiger partial charge on any atom is -0.367 e. The molecule has 0 bridgehead atoms. The highest BCUT2D eigenvalue weighted by atomic mass is 32.2. The van der Waals surface area contributed by atoms with E-state index in [4.69, 9.17) is 5.73 Å². The van der Waals surface area contributed by atoms with Gasteiger partial charge in [-0.05, 0) is 19.1 Å². The summed E-state index contributed by atoms with van der Waals surface area (Å²) in [6.07, 6.45) is 0. The van der Waals surface area contributed by atoms with E-state index < -0.39 is 6.04 Å². The quantitative estimate of drug-likeness (QED) is 0.860. The molecular formula is C15H21N3OS. The maximum atomic E-state index is 11.9. The fourth-order valence-electron chi connectivity index (χ4n) is 3.02. The Morgan fingerprint density at radius 2 is 2.10 bits per heavy atom. The number of carbonyl (C=O) groups is 1. The van der Waals surface area contributed by atoms with Gasteiger partial charge < -0.3 is 15.5 Å². The topological polar surface area (TPSA) is 49.6 Å². The van der Waals surface area contributed by atoms with Crippen LogP contribution in [0.1, 0.15) is 25.5 Å². The predicted octanol–water partition coefficient (Wildman–Crippen LogP) is 1.99. The van der Waals surface area contributed by atoms with Crippen molar-refractivity contribution < 1.29 is 4.79 Å². The first-order valence-corrected chi connectivity index (χ1v) is 8.11. The lowest BCUT2D eigenvalue weighted by Gasteiger charge is -2.39. The maximum Gasteiger partial charge on any atom is 0.248 e. The summed E-state index contributed by atoms with van der Waals surface area (Å²) in [5, 5.41) is 0.624. The van der Waals surface area contributed by atoms with Crippen LogP contribution in [-0.2, 0) is 4.79 Å². The highest BCUT2D eigenvalue weighted by molar-refractivity contribution is 8.00. The second-order valence-electron chi connectivity index (χ2n) is 5.63. The van der Waals surface area contributed by atoms with Gasteiger partial charge in [0.2, 0.25) is 5.91 Å². The molecule has 2 aliphatic heterocycles. The largest absolute Gasteiger partial charge is 0.367 e. The van der Waals surface area contributed by atoms with E-state index in [-0.39, 0.29) is 5.91 Å². The Morgan fingerprint density at radius 3 is 2.85 bits per heavy atom. The lowest BCUT2D eigenvalue weighted by Crippen LogP contribution is -2.44. The van der Waals surface area contributed by atoms with Gasteiger partial charge in [0, 0.05) is 41.9 Å². The first-order valence-electron chi connectivity index (χ1n) is 7.06. The zero-order valence-corrected chi connectivity index (χ0v) is 13.0. The molecule has 1 fully saturated rings. The summed E-state index contributed by atoms with van der Waals surface area (Å²) in [6, 6.07) is 6.22. The van der Waals surface area contributed by atoms with Crippen molar-refractivity contribution in [2.24, 2.45) is 5.73 Å². The third kappa shape index (κ3) is 2.00. The van der Waals surface area contributed by atoms with Crippen molar-refractivity contribution in [2.45, 2.75) is 31.2 Å². The summed E-state index contributed by atoms with van der Waals surface area (Å²) in [6.45, 7) is 5.60. The summed E-state index contributed by atoms with van der Waals surface area (Å²) < 4.78 is 0. The first kappa shape index (κ1) is 13.8. The number of amides is 1. The Morgan fingerprint density at radius 1 is 1.35 bits per heavy atom. The van der Waals surface area contributed by atoms with Crippen LogP contribution in [0.3, 0.4) is 0 Å². The lowest BCUT2D eigenvalue weighted by atomic mass is 10.1. The molecule has 0 aliphatic carbocycles. The average Bonchev–Trinajstić information content (AvgIpc) is 2.67. The summed E-state index contributed by atoms with van der Waals surface area (Å²) in [5.41, 5.74) is 9.04. The molecule has 5 heteroatoms. The monoisotopic (exact) mass is 291 g/mol. The molecule has 1 amide bonds. The van der Waals surface area contributed by atoms with Gasteiger partial charge in [0.05, 0.1) is 5.69 Å². The van der Waals surface area contributed by atoms with Crippen LogP contribution in [0.5, 0.6) is 0 Å². The van der Waals surface area contributed by atoms with Gasteiger partial charge in [-0.3, -0.25) is 4.79 Å². The van der Waals surface area contributed by atoms with Crippen LogP contribution in [-0.4, -0.2) is 36.5 Å². The van der Waals surface area contributed by atoms with E-state index >= 15 is 0 Å². The Kier molecular flexibility index (Phi) is 3.42. The Bertz CT molecular complexity index is 548. The van der Waals surface area contributed by atoms with E-state index in [1.807, 2.05) is 17.8 Å². The second-order valence-corrected chi connectivity index (χ2v) is 7.11. The Labute approximate surface area is 124 Å². The van der Waals surface area contributed by atoms with Gasteiger partial charge in [-0.2, -0.15) is 11.8 Å². The van der Waals surface area contributed by atoms with Gasteiger partial charge in [-0.1, -0.05) is 13.0 Å². The van der Waals surface area contributed by atoms with Crippen molar-refractivity contribution in [1.29, 1.82) is 0 Å². The van der Waals surface area contributed by atoms with Crippen LogP contribution in [0.4, 0.5) is 11.4 Å². The number of fused-ring (bicyclic) bond motifs is 1. The molecule has 20 heavy (non-hydrogen) atoms. The van der Waals surface area contributed by atoms with Crippen molar-refractivity contribution in [3.63, 3.8) is 0 Å². The fraction of sp³-hybridized carbons (Fsp3) is 0.533. The molecule has 0 spiro atoms. The molecule has 3 atom stereocenters. The summed E-state index contributed by atoms with van der Waals surface area (Å²) in [5.74, 6) is 1.13. The SMILES string of the molecule is CC1SCCN(c2ccc3c(c2)N(C)C(=O)C3N)C1C. The molecule has 1 aromatic carbocycles. The molecule has 2 aliphatic rings. The van der Waals surface area contributed by atoms with Gasteiger partial charge in [0.1, 0.15) is 6.04 Å². The first-order chi connectivity index (χ1) is 9.50. The number of carbonyl (C=O) groups excluding carboxylic acids is 1. The minimum atomic E-state index is -0.502. The summed E-state index contributed by atoms with van der Waals surface area (Å²) >= 11 is 2.03. The number of benzene rings is 1. The highest BCUT2D eigenvalue weighted by Crippen LogP contribution is 2.38. The van der Waals surface area contributed by atoms with Gasteiger partial charge in [-0.25, -0.2) is 0 Å². The Hall–Kier alpha value is -1.20. The molecule has 3 rings (SSSR count). The van der Waals surface area contributed by atoms with Crippen molar-refractivity contribution >= 4 is 29.0 Å². The van der Waals surface area contributed by atoms with Gasteiger partial charge >= 0.3 is 0 Å². The number of likely N-dealkylation sites (N-methyl/N-ethyl adjacent to an activating group) is 1. The molecule has 0 radical (unpaired) electrons. The molecule has 3 unspecified atom stereocenters. The van der Waals surface area contributed by atoms with Crippen LogP contribution in [0, 0.1) is 0 Å². The number of rotatable bonds is 1. The van der Waals surface area contributed by atoms with Crippen LogP contribution in [0.25, 0.3) is 0 Å². The predicted molar refractivity (Wildman–Crippen MR) is 85.5 cm³/mol. The van der Waals surface area contributed by atoms with E-state index in [9.17, 15) is 4.79 Å². The molecule has 108 valence electrons. The van der Waals surface area contributed by atoms with Crippen molar-refractivity contribution in [2.75, 3.05) is 29.1 Å². The number of anilines is 2. The smallest absolute Gasteiger partial charge is 0.248 e. The zero-order chi connectivity index (χ0) is 14.4. The highest BCUT2D eigenvalue weighted by Gasteiger charge is 2.33. The number of nitrogens with two attached hydrogens (primary N) is 1. The third-order valence-electron chi connectivity index (χ3n) is 4.52. The minimum absolute atomic E-state index is 0.0206. The molecule has 4 nitrogen and oxygen atoms in total. The van der Waals surface area contributed by atoms with Crippen LogP contribution in [0.15, 0.2) is 18.2 Å². The lowest BCUT2D eigenvalue weighted by molar-refractivity contribution is -0.118. The molecule has 2 N–H and O–H groups in total. The molecular weight excluding hydrogens is 270 g/mol. The van der Waals surface area contributed by atoms with Crippen molar-refractivity contribution in [3.05, 3.63) is 23.8 Å². The summed E-state index contributed by atoms with van der Waals surface area (Å²) in [7, 11) is 1.80. The molecule has 0 aromatic heterocycles. The number of hydrogen-bond donors (Lipinski definition) is 1. The third-order valence-corrected chi connectivity index (χ3v) is 5.86. The van der Waals surface area contributed by atoms with E-state index in [1.54, 1.807) is 11.9 Å². The number of nitrogens with zero attached hydrogens (tertiary/aromatic N) is 2. The Balaban J connectivity index is 1.96. The zero-order valence-electron chi connectivity index (χ0n) is 12.2. The van der Waals surface area contributed by atoms with E-state index in [2.05, 4.69) is 30.9 Å². The number of hydrogen-bond acceptors (Lipinski definition) is 4. The standard InChI is InChI=1S/C15H21N3OS/c1-9-10(2)20-7-6-18(9)11-4-5-12-13(8-11)17(3)15(19)14(12)16/h4-5,8-10,14H,6-7,16H2,1-3H3. The molecule has 2 heterocycles. The van der Waals surface area contributed by atoms with Crippen LogP contribution >= 0.6 is 11.8 Å². The van der Waals surface area contributed by atoms with Crippen molar-refractivity contribution in [3.8, 4) is 0 Å². The average molecular weight is 291 g/mol. The normalized spacial score (nSPS) is 29.8. The van der Waals surface area contributed by atoms with Crippen LogP contribution < -0.4 is 15.5 Å². The fourth-order valence-corrected chi connectivity index (χ4v) is 4.12. The number of thioether (sulfide) groups is 1. The molecule has 1 aromatic rings. The van der Waals surface area contributed by atoms with E-state index in [0.29, 0.717) is 11.3 Å².